The van der Waals surface area contributed by atoms with Gasteiger partial charge < -0.3 is 18.6 Å². The first-order valence-corrected chi connectivity index (χ1v) is 13.5. The SMILES string of the molecule is CC1(C)COB(c2cc(B3OC(C)(C)C(C)(C)O3)cc(C3=CC(c4ccccc4)=CCC3)c2)OC1(C)C. The highest BCUT2D eigenvalue weighted by Gasteiger charge is 2.52. The van der Waals surface area contributed by atoms with Gasteiger partial charge >= 0.3 is 14.2 Å². The number of allylic oxidation sites excluding steroid dienone is 4. The Morgan fingerprint density at radius 1 is 0.676 bits per heavy atom. The van der Waals surface area contributed by atoms with Crippen molar-refractivity contribution in [1.82, 2.24) is 0 Å². The van der Waals surface area contributed by atoms with Crippen LogP contribution in [0.3, 0.4) is 0 Å². The highest BCUT2D eigenvalue weighted by molar-refractivity contribution is 6.65. The average Bonchev–Trinajstić information content (AvgIpc) is 3.08. The first-order chi connectivity index (χ1) is 17.3. The molecule has 2 aromatic carbocycles. The minimum atomic E-state index is -0.454. The summed E-state index contributed by atoms with van der Waals surface area (Å²) in [5.74, 6) is 0. The van der Waals surface area contributed by atoms with E-state index >= 15 is 0 Å². The average molecular weight is 498 g/mol. The van der Waals surface area contributed by atoms with E-state index in [0.717, 1.165) is 23.8 Å². The van der Waals surface area contributed by atoms with Crippen LogP contribution in [0.2, 0.25) is 0 Å². The fourth-order valence-electron chi connectivity index (χ4n) is 4.96. The van der Waals surface area contributed by atoms with Crippen molar-refractivity contribution in [3.63, 3.8) is 0 Å². The summed E-state index contributed by atoms with van der Waals surface area (Å²) in [6.07, 6.45) is 6.63. The molecule has 1 aliphatic carbocycles. The second-order valence-electron chi connectivity index (χ2n) is 12.9. The Morgan fingerprint density at radius 2 is 1.27 bits per heavy atom. The monoisotopic (exact) mass is 498 g/mol. The molecule has 0 N–H and O–H groups in total. The number of hydrogen-bond donors (Lipinski definition) is 0. The normalized spacial score (nSPS) is 24.0. The largest absolute Gasteiger partial charge is 0.494 e. The zero-order valence-corrected chi connectivity index (χ0v) is 23.7. The molecule has 4 nitrogen and oxygen atoms in total. The summed E-state index contributed by atoms with van der Waals surface area (Å²) in [5.41, 5.74) is 5.73. The Morgan fingerprint density at radius 3 is 1.89 bits per heavy atom. The predicted octanol–water partition coefficient (Wildman–Crippen LogP) is 5.79. The summed E-state index contributed by atoms with van der Waals surface area (Å²) < 4.78 is 25.8. The van der Waals surface area contributed by atoms with E-state index in [-0.39, 0.29) is 11.0 Å². The van der Waals surface area contributed by atoms with Crippen LogP contribution >= 0.6 is 0 Å². The molecule has 0 aromatic heterocycles. The standard InChI is InChI=1S/C31H40B2O4/c1-28(2)21-34-32(35-29(28,3)4)26-18-25(19-27(20-26)33-36-30(5,6)31(7,8)37-33)24-16-12-15-23(17-24)22-13-10-9-11-14-22/h9-11,13-15,17-20H,12,16,21H2,1-8H3. The van der Waals surface area contributed by atoms with E-state index in [1.807, 2.05) is 0 Å². The third kappa shape index (κ3) is 5.02. The molecule has 2 saturated heterocycles. The lowest BCUT2D eigenvalue weighted by molar-refractivity contribution is -0.0937. The van der Waals surface area contributed by atoms with Crippen molar-refractivity contribution >= 4 is 36.3 Å². The van der Waals surface area contributed by atoms with E-state index in [1.165, 1.54) is 22.3 Å². The van der Waals surface area contributed by atoms with Gasteiger partial charge in [0.25, 0.3) is 0 Å². The van der Waals surface area contributed by atoms with Gasteiger partial charge in [-0.05, 0) is 87.6 Å². The molecular weight excluding hydrogens is 458 g/mol. The Labute approximate surface area is 223 Å². The van der Waals surface area contributed by atoms with Crippen molar-refractivity contribution in [2.45, 2.75) is 85.0 Å². The molecule has 2 heterocycles. The van der Waals surface area contributed by atoms with Gasteiger partial charge in [0.05, 0.1) is 16.8 Å². The fraction of sp³-hybridized carbons (Fsp3) is 0.484. The van der Waals surface area contributed by atoms with Gasteiger partial charge in [0.15, 0.2) is 0 Å². The molecule has 37 heavy (non-hydrogen) atoms. The Bertz CT molecular complexity index is 1210. The lowest BCUT2D eigenvalue weighted by Crippen LogP contribution is -2.58. The summed E-state index contributed by atoms with van der Waals surface area (Å²) in [5, 5.41) is 0. The molecule has 0 atom stereocenters. The lowest BCUT2D eigenvalue weighted by atomic mass is 9.66. The van der Waals surface area contributed by atoms with Gasteiger partial charge in [-0.25, -0.2) is 0 Å². The van der Waals surface area contributed by atoms with Gasteiger partial charge in [0.1, 0.15) is 0 Å². The molecule has 5 rings (SSSR count). The number of rotatable bonds is 4. The molecule has 2 aliphatic heterocycles. The molecule has 0 radical (unpaired) electrons. The minimum Gasteiger partial charge on any atom is -0.407 e. The number of hydrogen-bond acceptors (Lipinski definition) is 4. The molecule has 0 unspecified atom stereocenters. The molecule has 6 heteroatoms. The van der Waals surface area contributed by atoms with Crippen LogP contribution in [0.15, 0.2) is 60.7 Å². The molecule has 0 amide bonds. The zero-order valence-electron chi connectivity index (χ0n) is 23.7. The van der Waals surface area contributed by atoms with Gasteiger partial charge in [-0.3, -0.25) is 0 Å². The maximum absolute atomic E-state index is 6.57. The van der Waals surface area contributed by atoms with E-state index in [9.17, 15) is 0 Å². The second-order valence-corrected chi connectivity index (χ2v) is 12.9. The second kappa shape index (κ2) is 9.27. The lowest BCUT2D eigenvalue weighted by Gasteiger charge is -2.47. The molecule has 2 aromatic rings. The van der Waals surface area contributed by atoms with Crippen molar-refractivity contribution in [3.05, 3.63) is 71.8 Å². The molecule has 3 aliphatic rings. The van der Waals surface area contributed by atoms with E-state index in [0.29, 0.717) is 6.61 Å². The van der Waals surface area contributed by atoms with E-state index < -0.39 is 25.4 Å². The van der Waals surface area contributed by atoms with Crippen LogP contribution in [-0.2, 0) is 18.6 Å². The maximum atomic E-state index is 6.57. The Hall–Kier alpha value is -2.11. The smallest absolute Gasteiger partial charge is 0.407 e. The van der Waals surface area contributed by atoms with Crippen molar-refractivity contribution in [3.8, 4) is 0 Å². The summed E-state index contributed by atoms with van der Waals surface area (Å²) in [7, 11) is -0.900. The van der Waals surface area contributed by atoms with Crippen LogP contribution in [0.5, 0.6) is 0 Å². The first-order valence-electron chi connectivity index (χ1n) is 13.5. The Balaban J connectivity index is 1.56. The van der Waals surface area contributed by atoms with Crippen molar-refractivity contribution < 1.29 is 18.6 Å². The quantitative estimate of drug-likeness (QED) is 0.500. The maximum Gasteiger partial charge on any atom is 0.494 e. The van der Waals surface area contributed by atoms with E-state index in [1.54, 1.807) is 0 Å². The summed E-state index contributed by atoms with van der Waals surface area (Å²) in [6, 6.07) is 17.2. The molecule has 2 fully saturated rings. The van der Waals surface area contributed by atoms with Crippen LogP contribution in [0.4, 0.5) is 0 Å². The summed E-state index contributed by atoms with van der Waals surface area (Å²) in [4.78, 5) is 0. The minimum absolute atomic E-state index is 0.0864. The molecule has 0 saturated carbocycles. The predicted molar refractivity (Wildman–Crippen MR) is 154 cm³/mol. The topological polar surface area (TPSA) is 36.9 Å². The molecular formula is C31H40B2O4. The van der Waals surface area contributed by atoms with Crippen molar-refractivity contribution in [2.24, 2.45) is 5.41 Å². The third-order valence-corrected chi connectivity index (χ3v) is 8.99. The highest BCUT2D eigenvalue weighted by Crippen LogP contribution is 2.39. The number of benzene rings is 2. The molecule has 194 valence electrons. The first kappa shape index (κ1) is 26.5. The van der Waals surface area contributed by atoms with Crippen LogP contribution in [0.1, 0.15) is 79.4 Å². The van der Waals surface area contributed by atoms with Crippen molar-refractivity contribution in [1.29, 1.82) is 0 Å². The summed E-state index contributed by atoms with van der Waals surface area (Å²) in [6.45, 7) is 17.7. The summed E-state index contributed by atoms with van der Waals surface area (Å²) >= 11 is 0. The van der Waals surface area contributed by atoms with E-state index in [2.05, 4.69) is 116 Å². The van der Waals surface area contributed by atoms with Crippen LogP contribution in [0, 0.1) is 5.41 Å². The van der Waals surface area contributed by atoms with Gasteiger partial charge in [0, 0.05) is 12.0 Å². The van der Waals surface area contributed by atoms with Gasteiger partial charge in [-0.15, -0.1) is 0 Å². The van der Waals surface area contributed by atoms with Gasteiger partial charge in [0.2, 0.25) is 0 Å². The van der Waals surface area contributed by atoms with Crippen LogP contribution in [-0.4, -0.2) is 37.6 Å². The van der Waals surface area contributed by atoms with E-state index in [4.69, 9.17) is 18.6 Å². The van der Waals surface area contributed by atoms with Crippen LogP contribution < -0.4 is 10.9 Å². The third-order valence-electron chi connectivity index (χ3n) is 8.99. The molecule has 0 spiro atoms. The zero-order chi connectivity index (χ0) is 26.6. The van der Waals surface area contributed by atoms with Crippen LogP contribution in [0.25, 0.3) is 11.1 Å². The van der Waals surface area contributed by atoms with Crippen molar-refractivity contribution in [2.75, 3.05) is 6.61 Å². The Kier molecular flexibility index (Phi) is 6.64. The highest BCUT2D eigenvalue weighted by atomic mass is 16.7. The molecule has 0 bridgehead atoms. The van der Waals surface area contributed by atoms with Gasteiger partial charge in [-0.1, -0.05) is 74.5 Å². The fourth-order valence-corrected chi connectivity index (χ4v) is 4.96. The van der Waals surface area contributed by atoms with Gasteiger partial charge in [-0.2, -0.15) is 0 Å².